The summed E-state index contributed by atoms with van der Waals surface area (Å²) in [7, 11) is 0. The lowest BCUT2D eigenvalue weighted by atomic mass is 9.71. The van der Waals surface area contributed by atoms with Gasteiger partial charge in [0.25, 0.3) is 0 Å². The monoisotopic (exact) mass is 479 g/mol. The molecule has 2 aliphatic rings. The standard InChI is InChI=1S/C29H21NO6/c1-17-12-13-23-25(27(32)30-26(23)31)24(17)18-14-19(28(33)35-21-8-4-2-5-9-21)16-20(15-18)29(34)36-22-10-6-3-7-11-22/h2-16,23-25H,1H2,(H,30,31,32). The molecular weight excluding hydrogens is 458 g/mol. The Hall–Kier alpha value is -4.78. The van der Waals surface area contributed by atoms with Gasteiger partial charge in [0.1, 0.15) is 11.5 Å². The third kappa shape index (κ3) is 4.46. The summed E-state index contributed by atoms with van der Waals surface area (Å²) in [6, 6.07) is 21.6. The number of rotatable bonds is 5. The first-order valence-corrected chi connectivity index (χ1v) is 11.3. The van der Waals surface area contributed by atoms with Crippen LogP contribution in [0.4, 0.5) is 0 Å². The van der Waals surface area contributed by atoms with Crippen LogP contribution in [0.5, 0.6) is 11.5 Å². The molecule has 1 aliphatic carbocycles. The quantitative estimate of drug-likeness (QED) is 0.334. The molecule has 3 aromatic rings. The summed E-state index contributed by atoms with van der Waals surface area (Å²) in [6.07, 6.45) is 3.35. The lowest BCUT2D eigenvalue weighted by Crippen LogP contribution is -2.29. The number of hydrogen-bond donors (Lipinski definition) is 1. The maximum atomic E-state index is 13.1. The predicted molar refractivity (Wildman–Crippen MR) is 130 cm³/mol. The molecule has 3 unspecified atom stereocenters. The van der Waals surface area contributed by atoms with Crippen LogP contribution in [0.2, 0.25) is 0 Å². The van der Waals surface area contributed by atoms with Gasteiger partial charge in [0, 0.05) is 5.92 Å². The highest BCUT2D eigenvalue weighted by Crippen LogP contribution is 2.43. The lowest BCUT2D eigenvalue weighted by molar-refractivity contribution is -0.126. The maximum absolute atomic E-state index is 13.1. The summed E-state index contributed by atoms with van der Waals surface area (Å²) in [5.41, 5.74) is 1.25. The summed E-state index contributed by atoms with van der Waals surface area (Å²) < 4.78 is 11.0. The summed E-state index contributed by atoms with van der Waals surface area (Å²) in [4.78, 5) is 51.1. The Morgan fingerprint density at radius 1 is 0.750 bits per heavy atom. The Balaban J connectivity index is 1.56. The summed E-state index contributed by atoms with van der Waals surface area (Å²) in [6.45, 7) is 4.07. The Morgan fingerprint density at radius 2 is 1.28 bits per heavy atom. The normalized spacial score (nSPS) is 20.4. The lowest BCUT2D eigenvalue weighted by Gasteiger charge is -2.29. The molecule has 1 saturated heterocycles. The first-order valence-electron chi connectivity index (χ1n) is 11.3. The minimum absolute atomic E-state index is 0.0972. The fourth-order valence-corrected chi connectivity index (χ4v) is 4.54. The molecule has 1 aliphatic heterocycles. The SMILES string of the molecule is C=C1C=CC2C(=O)NC(=O)C2C1c1cc(C(=O)Oc2ccccc2)cc(C(=O)Oc2ccccc2)c1. The van der Waals surface area contributed by atoms with E-state index < -0.39 is 35.6 Å². The molecule has 0 bridgehead atoms. The number of ether oxygens (including phenoxy) is 2. The molecule has 7 heteroatoms. The number of amides is 2. The van der Waals surface area contributed by atoms with E-state index in [2.05, 4.69) is 11.9 Å². The van der Waals surface area contributed by atoms with E-state index in [0.717, 1.165) is 0 Å². The molecule has 3 aromatic carbocycles. The molecule has 1 N–H and O–H groups in total. The summed E-state index contributed by atoms with van der Waals surface area (Å²) >= 11 is 0. The Kier molecular flexibility index (Phi) is 6.04. The van der Waals surface area contributed by atoms with Gasteiger partial charge in [-0.2, -0.15) is 0 Å². The average Bonchev–Trinajstić information content (AvgIpc) is 3.17. The molecule has 2 amide bonds. The van der Waals surface area contributed by atoms with Gasteiger partial charge in [0.2, 0.25) is 11.8 Å². The second-order valence-corrected chi connectivity index (χ2v) is 8.57. The number of para-hydroxylation sites is 2. The Morgan fingerprint density at radius 3 is 1.81 bits per heavy atom. The molecule has 0 aromatic heterocycles. The average molecular weight is 479 g/mol. The van der Waals surface area contributed by atoms with Crippen molar-refractivity contribution in [1.29, 1.82) is 0 Å². The van der Waals surface area contributed by atoms with Crippen LogP contribution in [0, 0.1) is 11.8 Å². The van der Waals surface area contributed by atoms with E-state index in [1.165, 1.54) is 6.07 Å². The zero-order valence-corrected chi connectivity index (χ0v) is 19.0. The second kappa shape index (κ2) is 9.46. The number of carbonyl (C=O) groups excluding carboxylic acids is 4. The highest BCUT2D eigenvalue weighted by Gasteiger charge is 2.47. The predicted octanol–water partition coefficient (Wildman–Crippen LogP) is 4.22. The largest absolute Gasteiger partial charge is 0.423 e. The van der Waals surface area contributed by atoms with Gasteiger partial charge < -0.3 is 9.47 Å². The van der Waals surface area contributed by atoms with E-state index >= 15 is 0 Å². The van der Waals surface area contributed by atoms with Crippen LogP contribution >= 0.6 is 0 Å². The van der Waals surface area contributed by atoms with Crippen LogP contribution in [0.15, 0.2) is 103 Å². The molecule has 1 fully saturated rings. The number of esters is 2. The highest BCUT2D eigenvalue weighted by atomic mass is 16.5. The van der Waals surface area contributed by atoms with Crippen LogP contribution in [0.25, 0.3) is 0 Å². The molecule has 36 heavy (non-hydrogen) atoms. The van der Waals surface area contributed by atoms with Crippen molar-refractivity contribution in [3.8, 4) is 11.5 Å². The molecule has 7 nitrogen and oxygen atoms in total. The van der Waals surface area contributed by atoms with Crippen LogP contribution < -0.4 is 14.8 Å². The molecule has 3 atom stereocenters. The number of hydrogen-bond acceptors (Lipinski definition) is 6. The third-order valence-electron chi connectivity index (χ3n) is 6.21. The van der Waals surface area contributed by atoms with Crippen LogP contribution in [-0.4, -0.2) is 23.8 Å². The van der Waals surface area contributed by atoms with Crippen LogP contribution in [-0.2, 0) is 9.59 Å². The summed E-state index contributed by atoms with van der Waals surface area (Å²) in [5, 5.41) is 2.37. The van der Waals surface area contributed by atoms with Gasteiger partial charge in [-0.05, 0) is 53.6 Å². The number of nitrogens with one attached hydrogen (secondary N) is 1. The second-order valence-electron chi connectivity index (χ2n) is 8.57. The van der Waals surface area contributed by atoms with Gasteiger partial charge in [0.05, 0.1) is 23.0 Å². The van der Waals surface area contributed by atoms with E-state index in [4.69, 9.17) is 9.47 Å². The van der Waals surface area contributed by atoms with E-state index in [9.17, 15) is 19.2 Å². The van der Waals surface area contributed by atoms with Gasteiger partial charge >= 0.3 is 11.9 Å². The van der Waals surface area contributed by atoms with Crippen molar-refractivity contribution in [1.82, 2.24) is 5.32 Å². The van der Waals surface area contributed by atoms with Gasteiger partial charge in [0.15, 0.2) is 0 Å². The van der Waals surface area contributed by atoms with E-state index in [-0.39, 0.29) is 17.0 Å². The van der Waals surface area contributed by atoms with Crippen LogP contribution in [0.1, 0.15) is 32.2 Å². The number of allylic oxidation sites excluding steroid dienone is 2. The van der Waals surface area contributed by atoms with Crippen molar-refractivity contribution in [3.05, 3.63) is 120 Å². The maximum Gasteiger partial charge on any atom is 0.343 e. The molecule has 5 rings (SSSR count). The fraction of sp³-hybridized carbons (Fsp3) is 0.103. The number of benzene rings is 3. The molecule has 0 radical (unpaired) electrons. The van der Waals surface area contributed by atoms with Crippen LogP contribution in [0.3, 0.4) is 0 Å². The molecule has 178 valence electrons. The van der Waals surface area contributed by atoms with Crippen molar-refractivity contribution in [3.63, 3.8) is 0 Å². The van der Waals surface area contributed by atoms with Gasteiger partial charge in [-0.25, -0.2) is 9.59 Å². The van der Waals surface area contributed by atoms with Gasteiger partial charge in [-0.1, -0.05) is 55.1 Å². The third-order valence-corrected chi connectivity index (χ3v) is 6.21. The Bertz CT molecular complexity index is 1340. The van der Waals surface area contributed by atoms with Gasteiger partial charge in [-0.3, -0.25) is 14.9 Å². The number of imide groups is 1. The van der Waals surface area contributed by atoms with Crippen molar-refractivity contribution in [2.75, 3.05) is 0 Å². The molecule has 0 saturated carbocycles. The minimum atomic E-state index is -0.742. The van der Waals surface area contributed by atoms with Gasteiger partial charge in [-0.15, -0.1) is 0 Å². The fourth-order valence-electron chi connectivity index (χ4n) is 4.54. The topological polar surface area (TPSA) is 98.8 Å². The first-order chi connectivity index (χ1) is 17.4. The van der Waals surface area contributed by atoms with E-state index in [1.54, 1.807) is 84.9 Å². The zero-order valence-electron chi connectivity index (χ0n) is 19.0. The number of carbonyl (C=O) groups is 4. The van der Waals surface area contributed by atoms with Crippen molar-refractivity contribution >= 4 is 23.8 Å². The molecule has 1 heterocycles. The van der Waals surface area contributed by atoms with Crippen molar-refractivity contribution < 1.29 is 28.7 Å². The van der Waals surface area contributed by atoms with E-state index in [1.807, 2.05) is 0 Å². The Labute approximate surface area is 207 Å². The first kappa shape index (κ1) is 23.0. The minimum Gasteiger partial charge on any atom is -0.423 e. The van der Waals surface area contributed by atoms with E-state index in [0.29, 0.717) is 22.6 Å². The smallest absolute Gasteiger partial charge is 0.343 e. The van der Waals surface area contributed by atoms with Crippen molar-refractivity contribution in [2.45, 2.75) is 5.92 Å². The zero-order chi connectivity index (χ0) is 25.2. The number of fused-ring (bicyclic) bond motifs is 1. The highest BCUT2D eigenvalue weighted by molar-refractivity contribution is 6.07. The molecule has 0 spiro atoms. The molecular formula is C29H21NO6. The summed E-state index contributed by atoms with van der Waals surface area (Å²) in [5.74, 6) is -3.53. The van der Waals surface area contributed by atoms with Crippen molar-refractivity contribution in [2.24, 2.45) is 11.8 Å².